The first-order chi connectivity index (χ1) is 14.8. The molecule has 1 saturated carbocycles. The minimum Gasteiger partial charge on any atom is -0.389 e. The summed E-state index contributed by atoms with van der Waals surface area (Å²) in [5.41, 5.74) is 2.09. The van der Waals surface area contributed by atoms with Crippen molar-refractivity contribution in [1.82, 2.24) is 25.0 Å². The third-order valence-electron chi connectivity index (χ3n) is 6.72. The fourth-order valence-corrected chi connectivity index (χ4v) is 5.69. The highest BCUT2D eigenvalue weighted by Crippen LogP contribution is 2.63. The van der Waals surface area contributed by atoms with Gasteiger partial charge in [-0.2, -0.15) is 5.10 Å². The molecule has 2 aromatic heterocycles. The molecule has 166 valence electrons. The van der Waals surface area contributed by atoms with E-state index in [9.17, 15) is 5.11 Å². The third-order valence-corrected chi connectivity index (χ3v) is 6.93. The van der Waals surface area contributed by atoms with Crippen molar-refractivity contribution in [3.8, 4) is 11.8 Å². The quantitative estimate of drug-likeness (QED) is 0.551. The number of rotatable bonds is 5. The molecule has 3 heterocycles. The number of hydrogen-bond acceptors (Lipinski definition) is 5. The zero-order valence-corrected chi connectivity index (χ0v) is 19.4. The van der Waals surface area contributed by atoms with E-state index < -0.39 is 5.60 Å². The Labute approximate surface area is 190 Å². The van der Waals surface area contributed by atoms with Crippen molar-refractivity contribution >= 4 is 11.6 Å². The predicted octanol–water partition coefficient (Wildman–Crippen LogP) is 2.89. The summed E-state index contributed by atoms with van der Waals surface area (Å²) in [5, 5.41) is 19.4. The lowest BCUT2D eigenvalue weighted by Gasteiger charge is -2.61. The Kier molecular flexibility index (Phi) is 6.41. The molecule has 7 heteroatoms. The maximum absolute atomic E-state index is 11.1. The van der Waals surface area contributed by atoms with E-state index in [1.165, 1.54) is 0 Å². The van der Waals surface area contributed by atoms with Crippen LogP contribution in [0.25, 0.3) is 0 Å². The van der Waals surface area contributed by atoms with E-state index in [1.54, 1.807) is 12.4 Å². The van der Waals surface area contributed by atoms with Crippen molar-refractivity contribution in [3.05, 3.63) is 46.5 Å². The van der Waals surface area contributed by atoms with Crippen molar-refractivity contribution in [2.24, 2.45) is 5.41 Å². The molecule has 4 rings (SSSR count). The van der Waals surface area contributed by atoms with Crippen LogP contribution in [0.1, 0.15) is 55.2 Å². The van der Waals surface area contributed by atoms with E-state index in [-0.39, 0.29) is 11.3 Å². The normalized spacial score (nSPS) is 24.6. The van der Waals surface area contributed by atoms with Gasteiger partial charge in [0.1, 0.15) is 5.15 Å². The van der Waals surface area contributed by atoms with Crippen LogP contribution in [0.15, 0.2) is 24.7 Å². The van der Waals surface area contributed by atoms with Gasteiger partial charge in [-0.15, -0.1) is 0 Å². The molecule has 0 amide bonds. The lowest BCUT2D eigenvalue weighted by Crippen LogP contribution is -2.61. The van der Waals surface area contributed by atoms with Gasteiger partial charge in [0.05, 0.1) is 17.4 Å². The molecule has 1 aliphatic carbocycles. The maximum Gasteiger partial charge on any atom is 0.129 e. The smallest absolute Gasteiger partial charge is 0.129 e. The van der Waals surface area contributed by atoms with Gasteiger partial charge in [-0.25, -0.2) is 4.98 Å². The number of nitrogens with zero attached hydrogens (tertiary/aromatic N) is 4. The first kappa shape index (κ1) is 22.3. The van der Waals surface area contributed by atoms with Gasteiger partial charge in [0.2, 0.25) is 0 Å². The first-order valence-corrected chi connectivity index (χ1v) is 11.4. The van der Waals surface area contributed by atoms with Gasteiger partial charge in [0.15, 0.2) is 0 Å². The molecule has 1 saturated heterocycles. The molecule has 2 fully saturated rings. The molecule has 2 aliphatic rings. The number of hydrogen-bond donors (Lipinski definition) is 2. The molecule has 1 spiro atoms. The lowest BCUT2D eigenvalue weighted by atomic mass is 9.46. The number of halogens is 1. The zero-order chi connectivity index (χ0) is 22.1. The van der Waals surface area contributed by atoms with Crippen LogP contribution >= 0.6 is 11.6 Å². The highest BCUT2D eigenvalue weighted by Gasteiger charge is 2.60. The summed E-state index contributed by atoms with van der Waals surface area (Å²) in [6.07, 6.45) is 9.51. The molecular formula is C24H32ClN5O. The Morgan fingerprint density at radius 3 is 2.77 bits per heavy atom. The van der Waals surface area contributed by atoms with Crippen LogP contribution in [-0.4, -0.2) is 64.1 Å². The van der Waals surface area contributed by atoms with E-state index >= 15 is 0 Å². The van der Waals surface area contributed by atoms with Crippen LogP contribution in [0.2, 0.25) is 5.15 Å². The van der Waals surface area contributed by atoms with E-state index in [0.717, 1.165) is 68.6 Å². The number of nitrogens with one attached hydrogen (secondary N) is 1. The van der Waals surface area contributed by atoms with E-state index in [0.29, 0.717) is 5.15 Å². The fraction of sp³-hybridized carbons (Fsp3) is 0.583. The number of aryl methyl sites for hydroxylation is 1. The Bertz CT molecular complexity index is 981. The van der Waals surface area contributed by atoms with Gasteiger partial charge in [0, 0.05) is 30.4 Å². The van der Waals surface area contributed by atoms with Crippen molar-refractivity contribution in [2.75, 3.05) is 33.7 Å². The summed E-state index contributed by atoms with van der Waals surface area (Å²) in [4.78, 5) is 6.45. The molecule has 31 heavy (non-hydrogen) atoms. The molecule has 6 nitrogen and oxygen atoms in total. The van der Waals surface area contributed by atoms with Crippen molar-refractivity contribution < 1.29 is 5.11 Å². The molecule has 2 atom stereocenters. The maximum atomic E-state index is 11.1. The Hall–Kier alpha value is -1.91. The Morgan fingerprint density at radius 1 is 1.29 bits per heavy atom. The molecule has 1 aliphatic heterocycles. The van der Waals surface area contributed by atoms with Gasteiger partial charge >= 0.3 is 0 Å². The van der Waals surface area contributed by atoms with Gasteiger partial charge in [-0.3, -0.25) is 4.68 Å². The third kappa shape index (κ3) is 4.80. The van der Waals surface area contributed by atoms with Crippen molar-refractivity contribution in [1.29, 1.82) is 0 Å². The number of pyridine rings is 1. The number of aliphatic hydroxyl groups is 1. The van der Waals surface area contributed by atoms with Gasteiger partial charge in [0.25, 0.3) is 0 Å². The van der Waals surface area contributed by atoms with Crippen LogP contribution in [0, 0.1) is 17.3 Å². The molecule has 0 radical (unpaired) electrons. The Morgan fingerprint density at radius 2 is 2.06 bits per heavy atom. The predicted molar refractivity (Wildman–Crippen MR) is 123 cm³/mol. The molecule has 2 unspecified atom stereocenters. The molecule has 0 aromatic carbocycles. The highest BCUT2D eigenvalue weighted by molar-refractivity contribution is 6.29. The Balaban J connectivity index is 1.58. The van der Waals surface area contributed by atoms with Crippen LogP contribution in [0.4, 0.5) is 0 Å². The van der Waals surface area contributed by atoms with Crippen LogP contribution in [0.3, 0.4) is 0 Å². The van der Waals surface area contributed by atoms with Gasteiger partial charge < -0.3 is 15.3 Å². The van der Waals surface area contributed by atoms with Crippen LogP contribution in [0.5, 0.6) is 0 Å². The summed E-state index contributed by atoms with van der Waals surface area (Å²) < 4.78 is 1.94. The molecule has 2 N–H and O–H groups in total. The zero-order valence-electron chi connectivity index (χ0n) is 18.7. The average molecular weight is 442 g/mol. The summed E-state index contributed by atoms with van der Waals surface area (Å²) in [5.74, 6) is 6.55. The SMILES string of the molecule is CN(C)CCCn1cc(C#Cc2cnc(Cl)cc2C2C(C)(O)CC23CCNCC3)cn1. The second-order valence-corrected chi connectivity index (χ2v) is 9.96. The summed E-state index contributed by atoms with van der Waals surface area (Å²) in [6.45, 7) is 5.81. The summed E-state index contributed by atoms with van der Waals surface area (Å²) in [7, 11) is 4.15. The highest BCUT2D eigenvalue weighted by atomic mass is 35.5. The number of piperidine rings is 1. The van der Waals surface area contributed by atoms with Gasteiger partial charge in [-0.05, 0) is 83.4 Å². The molecule has 2 aromatic rings. The minimum atomic E-state index is -0.754. The van der Waals surface area contributed by atoms with Crippen molar-refractivity contribution in [3.63, 3.8) is 0 Å². The minimum absolute atomic E-state index is 0.0145. The van der Waals surface area contributed by atoms with E-state index in [2.05, 4.69) is 46.2 Å². The topological polar surface area (TPSA) is 66.2 Å². The lowest BCUT2D eigenvalue weighted by molar-refractivity contribution is -0.155. The summed E-state index contributed by atoms with van der Waals surface area (Å²) >= 11 is 6.28. The second-order valence-electron chi connectivity index (χ2n) is 9.57. The fourth-order valence-electron chi connectivity index (χ4n) is 5.53. The molecule has 0 bridgehead atoms. The second kappa shape index (κ2) is 8.91. The van der Waals surface area contributed by atoms with Crippen molar-refractivity contribution in [2.45, 2.75) is 50.7 Å². The number of aromatic nitrogens is 3. The largest absolute Gasteiger partial charge is 0.389 e. The standard InChI is InChI=1S/C24H32ClN5O/c1-23(31)17-24(7-9-26-10-8-24)22(23)20-13-21(25)27-15-19(20)6-5-18-14-28-30(16-18)12-4-11-29(2)3/h13-16,22,26,31H,4,7-12,17H2,1-3H3. The van der Waals surface area contributed by atoms with E-state index in [1.807, 2.05) is 23.9 Å². The molecular weight excluding hydrogens is 410 g/mol. The van der Waals surface area contributed by atoms with Crippen LogP contribution < -0.4 is 5.32 Å². The monoisotopic (exact) mass is 441 g/mol. The first-order valence-electron chi connectivity index (χ1n) is 11.1. The average Bonchev–Trinajstić information content (AvgIpc) is 3.14. The summed E-state index contributed by atoms with van der Waals surface area (Å²) in [6, 6.07) is 1.90. The van der Waals surface area contributed by atoms with Gasteiger partial charge in [-0.1, -0.05) is 23.4 Å². The van der Waals surface area contributed by atoms with Crippen LogP contribution in [-0.2, 0) is 6.54 Å². The van der Waals surface area contributed by atoms with E-state index in [4.69, 9.17) is 11.6 Å².